The first kappa shape index (κ1) is 15.0. The van der Waals surface area contributed by atoms with Gasteiger partial charge in [-0.3, -0.25) is 0 Å². The zero-order valence-electron chi connectivity index (χ0n) is 11.6. The second-order valence-electron chi connectivity index (χ2n) is 4.73. The normalized spacial score (nSPS) is 12.8. The van der Waals surface area contributed by atoms with Crippen molar-refractivity contribution >= 4 is 0 Å². The van der Waals surface area contributed by atoms with E-state index >= 15 is 0 Å². The van der Waals surface area contributed by atoms with E-state index in [1.165, 1.54) is 11.1 Å². The molecule has 4 N–H and O–H groups in total. The molecule has 1 aromatic carbocycles. The summed E-state index contributed by atoms with van der Waals surface area (Å²) in [7, 11) is 2.06. The molecule has 0 amide bonds. The van der Waals surface area contributed by atoms with Crippen LogP contribution in [-0.4, -0.2) is 37.7 Å². The molecule has 1 unspecified atom stereocenters. The molecule has 0 aromatic heterocycles. The number of nitrogens with zero attached hydrogens (tertiary/aromatic N) is 1. The lowest BCUT2D eigenvalue weighted by molar-refractivity contribution is 0.304. The van der Waals surface area contributed by atoms with E-state index in [0.717, 1.165) is 18.8 Å². The number of rotatable bonds is 7. The molecule has 0 fully saturated rings. The van der Waals surface area contributed by atoms with Gasteiger partial charge in [0.15, 0.2) is 0 Å². The van der Waals surface area contributed by atoms with Crippen LogP contribution in [-0.2, 0) is 6.54 Å². The molecule has 0 radical (unpaired) electrons. The smallest absolute Gasteiger partial charge is 0.122 e. The predicted octanol–water partition coefficient (Wildman–Crippen LogP) is 1.11. The molecule has 1 aromatic rings. The van der Waals surface area contributed by atoms with E-state index in [2.05, 4.69) is 31.0 Å². The summed E-state index contributed by atoms with van der Waals surface area (Å²) in [6, 6.07) is 6.33. The van der Waals surface area contributed by atoms with Crippen LogP contribution in [0.15, 0.2) is 18.2 Å². The Labute approximate surface area is 110 Å². The minimum Gasteiger partial charge on any atom is -0.494 e. The molecule has 0 saturated heterocycles. The average Bonchev–Trinajstić information content (AvgIpc) is 2.32. The summed E-state index contributed by atoms with van der Waals surface area (Å²) in [5, 5.41) is 0. The number of nitrogens with two attached hydrogens (primary N) is 2. The fraction of sp³-hybridized carbons (Fsp3) is 0.571. The lowest BCUT2D eigenvalue weighted by atomic mass is 10.1. The summed E-state index contributed by atoms with van der Waals surface area (Å²) in [4.78, 5) is 2.19. The van der Waals surface area contributed by atoms with E-state index in [9.17, 15) is 0 Å². The lowest BCUT2D eigenvalue weighted by Crippen LogP contribution is -2.40. The van der Waals surface area contributed by atoms with Crippen LogP contribution in [0.3, 0.4) is 0 Å². The van der Waals surface area contributed by atoms with Crippen molar-refractivity contribution in [2.75, 3.05) is 26.7 Å². The van der Waals surface area contributed by atoms with E-state index in [1.54, 1.807) is 0 Å². The standard InChI is InChI=1S/C14H25N3O/c1-4-18-14-6-5-12(7-11(14)2)9-17(3)10-13(16)8-15/h5-7,13H,4,8-10,15-16H2,1-3H3. The molecule has 0 spiro atoms. The van der Waals surface area contributed by atoms with Crippen molar-refractivity contribution in [3.8, 4) is 5.75 Å². The Morgan fingerprint density at radius 1 is 1.39 bits per heavy atom. The summed E-state index contributed by atoms with van der Waals surface area (Å²) in [5.41, 5.74) is 13.8. The molecule has 0 aliphatic rings. The highest BCUT2D eigenvalue weighted by molar-refractivity contribution is 5.36. The SMILES string of the molecule is CCOc1ccc(CN(C)CC(N)CN)cc1C. The van der Waals surface area contributed by atoms with Gasteiger partial charge in [0.25, 0.3) is 0 Å². The molecule has 0 bridgehead atoms. The molecular weight excluding hydrogens is 226 g/mol. The Bertz CT molecular complexity index is 368. The summed E-state index contributed by atoms with van der Waals surface area (Å²) < 4.78 is 5.53. The number of likely N-dealkylation sites (N-methyl/N-ethyl adjacent to an activating group) is 1. The quantitative estimate of drug-likeness (QED) is 0.762. The topological polar surface area (TPSA) is 64.5 Å². The van der Waals surface area contributed by atoms with Gasteiger partial charge < -0.3 is 21.1 Å². The number of hydrogen-bond donors (Lipinski definition) is 2. The van der Waals surface area contributed by atoms with Gasteiger partial charge >= 0.3 is 0 Å². The van der Waals surface area contributed by atoms with Gasteiger partial charge in [-0.05, 0) is 38.1 Å². The van der Waals surface area contributed by atoms with Crippen LogP contribution in [0.5, 0.6) is 5.75 Å². The third-order valence-electron chi connectivity index (χ3n) is 2.84. The molecule has 0 saturated carbocycles. The summed E-state index contributed by atoms with van der Waals surface area (Å²) in [5.74, 6) is 0.961. The van der Waals surface area contributed by atoms with Crippen LogP contribution < -0.4 is 16.2 Å². The van der Waals surface area contributed by atoms with Crippen molar-refractivity contribution in [1.29, 1.82) is 0 Å². The van der Waals surface area contributed by atoms with Crippen LogP contribution in [0.2, 0.25) is 0 Å². The second kappa shape index (κ2) is 7.36. The van der Waals surface area contributed by atoms with Crippen LogP contribution in [0, 0.1) is 6.92 Å². The highest BCUT2D eigenvalue weighted by atomic mass is 16.5. The van der Waals surface area contributed by atoms with Crippen molar-refractivity contribution in [1.82, 2.24) is 4.90 Å². The molecule has 4 nitrogen and oxygen atoms in total. The minimum absolute atomic E-state index is 0.0406. The molecule has 0 aliphatic heterocycles. The fourth-order valence-electron chi connectivity index (χ4n) is 1.98. The Kier molecular flexibility index (Phi) is 6.12. The molecular formula is C14H25N3O. The van der Waals surface area contributed by atoms with E-state index in [1.807, 2.05) is 13.0 Å². The third kappa shape index (κ3) is 4.64. The number of benzene rings is 1. The largest absolute Gasteiger partial charge is 0.494 e. The van der Waals surface area contributed by atoms with Crippen LogP contribution in [0.1, 0.15) is 18.1 Å². The predicted molar refractivity (Wildman–Crippen MR) is 75.7 cm³/mol. The average molecular weight is 251 g/mol. The van der Waals surface area contributed by atoms with Crippen molar-refractivity contribution in [2.24, 2.45) is 11.5 Å². The Morgan fingerprint density at radius 2 is 2.11 bits per heavy atom. The summed E-state index contributed by atoms with van der Waals surface area (Å²) >= 11 is 0. The highest BCUT2D eigenvalue weighted by Gasteiger charge is 2.07. The van der Waals surface area contributed by atoms with Crippen molar-refractivity contribution in [3.05, 3.63) is 29.3 Å². The van der Waals surface area contributed by atoms with Crippen molar-refractivity contribution < 1.29 is 4.74 Å². The Morgan fingerprint density at radius 3 is 2.67 bits per heavy atom. The van der Waals surface area contributed by atoms with E-state index in [-0.39, 0.29) is 6.04 Å². The van der Waals surface area contributed by atoms with Gasteiger partial charge in [-0.1, -0.05) is 12.1 Å². The van der Waals surface area contributed by atoms with Crippen LogP contribution in [0.25, 0.3) is 0 Å². The maximum atomic E-state index is 5.83. The third-order valence-corrected chi connectivity index (χ3v) is 2.84. The minimum atomic E-state index is 0.0406. The zero-order chi connectivity index (χ0) is 13.5. The first-order valence-corrected chi connectivity index (χ1v) is 6.43. The van der Waals surface area contributed by atoms with Gasteiger partial charge in [0, 0.05) is 25.7 Å². The van der Waals surface area contributed by atoms with Crippen molar-refractivity contribution in [3.63, 3.8) is 0 Å². The molecule has 0 heterocycles. The van der Waals surface area contributed by atoms with Crippen molar-refractivity contribution in [2.45, 2.75) is 26.4 Å². The molecule has 18 heavy (non-hydrogen) atoms. The number of hydrogen-bond acceptors (Lipinski definition) is 4. The van der Waals surface area contributed by atoms with Gasteiger partial charge in [-0.2, -0.15) is 0 Å². The van der Waals surface area contributed by atoms with Crippen LogP contribution in [0.4, 0.5) is 0 Å². The molecule has 1 rings (SSSR count). The Hall–Kier alpha value is -1.10. The van der Waals surface area contributed by atoms with Gasteiger partial charge in [0.2, 0.25) is 0 Å². The van der Waals surface area contributed by atoms with E-state index in [0.29, 0.717) is 13.2 Å². The maximum absolute atomic E-state index is 5.83. The summed E-state index contributed by atoms with van der Waals surface area (Å²) in [6.45, 7) is 6.97. The van der Waals surface area contributed by atoms with Gasteiger partial charge in [-0.15, -0.1) is 0 Å². The van der Waals surface area contributed by atoms with Gasteiger partial charge in [0.1, 0.15) is 5.75 Å². The molecule has 0 aliphatic carbocycles. The van der Waals surface area contributed by atoms with E-state index in [4.69, 9.17) is 16.2 Å². The highest BCUT2D eigenvalue weighted by Crippen LogP contribution is 2.19. The van der Waals surface area contributed by atoms with Gasteiger partial charge in [0.05, 0.1) is 6.61 Å². The summed E-state index contributed by atoms with van der Waals surface area (Å²) in [6.07, 6.45) is 0. The first-order chi connectivity index (χ1) is 8.56. The Balaban J connectivity index is 2.59. The monoisotopic (exact) mass is 251 g/mol. The molecule has 4 heteroatoms. The zero-order valence-corrected chi connectivity index (χ0v) is 11.6. The molecule has 1 atom stereocenters. The second-order valence-corrected chi connectivity index (χ2v) is 4.73. The van der Waals surface area contributed by atoms with Crippen LogP contribution >= 0.6 is 0 Å². The van der Waals surface area contributed by atoms with E-state index < -0.39 is 0 Å². The maximum Gasteiger partial charge on any atom is 0.122 e. The molecule has 102 valence electrons. The lowest BCUT2D eigenvalue weighted by Gasteiger charge is -2.20. The number of aryl methyl sites for hydroxylation is 1. The number of ether oxygens (including phenoxy) is 1. The van der Waals surface area contributed by atoms with Gasteiger partial charge in [-0.25, -0.2) is 0 Å². The first-order valence-electron chi connectivity index (χ1n) is 6.43. The fourth-order valence-corrected chi connectivity index (χ4v) is 1.98.